The van der Waals surface area contributed by atoms with E-state index in [1.807, 2.05) is 0 Å². The number of sulfone groups is 1. The van der Waals surface area contributed by atoms with Gasteiger partial charge in [0.05, 0.1) is 11.0 Å². The summed E-state index contributed by atoms with van der Waals surface area (Å²) in [7, 11) is -2.98. The largest absolute Gasteiger partial charge is 0.573 e. The Kier molecular flexibility index (Phi) is 4.77. The van der Waals surface area contributed by atoms with Crippen LogP contribution in [0.1, 0.15) is 18.4 Å². The summed E-state index contributed by atoms with van der Waals surface area (Å²) >= 11 is 0. The van der Waals surface area contributed by atoms with E-state index >= 15 is 0 Å². The van der Waals surface area contributed by atoms with Crippen LogP contribution < -0.4 is 10.1 Å². The Hall–Kier alpha value is -1.28. The van der Waals surface area contributed by atoms with Gasteiger partial charge in [-0.25, -0.2) is 8.42 Å². The summed E-state index contributed by atoms with van der Waals surface area (Å²) in [6.45, 7) is 0.765. The lowest BCUT2D eigenvalue weighted by molar-refractivity contribution is -0.274. The molecule has 1 saturated heterocycles. The highest BCUT2D eigenvalue weighted by Gasteiger charge is 2.31. The summed E-state index contributed by atoms with van der Waals surface area (Å²) in [4.78, 5) is 0. The van der Waals surface area contributed by atoms with Crippen LogP contribution in [0.2, 0.25) is 0 Å². The molecule has 1 N–H and O–H groups in total. The van der Waals surface area contributed by atoms with Crippen LogP contribution >= 0.6 is 0 Å². The summed E-state index contributed by atoms with van der Waals surface area (Å²) < 4.78 is 63.0. The Morgan fingerprint density at radius 2 is 1.90 bits per heavy atom. The maximum atomic E-state index is 12.0. The van der Waals surface area contributed by atoms with Crippen molar-refractivity contribution in [1.29, 1.82) is 0 Å². The van der Waals surface area contributed by atoms with Crippen molar-refractivity contribution in [3.8, 4) is 5.75 Å². The molecule has 0 aromatic heterocycles. The third-order valence-corrected chi connectivity index (χ3v) is 5.60. The molecule has 2 rings (SSSR count). The van der Waals surface area contributed by atoms with Crippen molar-refractivity contribution in [2.45, 2.75) is 31.0 Å². The van der Waals surface area contributed by atoms with Gasteiger partial charge in [0.25, 0.3) is 0 Å². The van der Waals surface area contributed by atoms with Crippen molar-refractivity contribution < 1.29 is 26.3 Å². The first kappa shape index (κ1) is 16.1. The van der Waals surface area contributed by atoms with E-state index in [2.05, 4.69) is 10.1 Å². The van der Waals surface area contributed by atoms with Gasteiger partial charge < -0.3 is 10.1 Å². The summed E-state index contributed by atoms with van der Waals surface area (Å²) in [5.41, 5.74) is 0.764. The average molecular weight is 323 g/mol. The van der Waals surface area contributed by atoms with Gasteiger partial charge in [-0.2, -0.15) is 0 Å². The van der Waals surface area contributed by atoms with Crippen molar-refractivity contribution >= 4 is 9.84 Å². The predicted molar refractivity (Wildman–Crippen MR) is 71.6 cm³/mol. The van der Waals surface area contributed by atoms with E-state index in [4.69, 9.17) is 0 Å². The monoisotopic (exact) mass is 323 g/mol. The number of rotatable bonds is 5. The average Bonchev–Trinajstić information content (AvgIpc) is 2.69. The molecule has 1 aliphatic rings. The molecule has 0 radical (unpaired) electrons. The molecule has 1 heterocycles. The van der Waals surface area contributed by atoms with Crippen LogP contribution in [0.3, 0.4) is 0 Å². The molecule has 0 spiro atoms. The number of hydrogen-bond acceptors (Lipinski definition) is 4. The molecule has 8 heteroatoms. The molecule has 1 aromatic rings. The van der Waals surface area contributed by atoms with E-state index < -0.39 is 16.2 Å². The normalized spacial score (nSPS) is 21.4. The van der Waals surface area contributed by atoms with Crippen LogP contribution in [-0.2, 0) is 16.4 Å². The maximum Gasteiger partial charge on any atom is 0.573 e. The summed E-state index contributed by atoms with van der Waals surface area (Å²) in [5.74, 6) is -0.0346. The molecule has 1 aromatic carbocycles. The molecule has 0 aliphatic carbocycles. The molecule has 1 atom stereocenters. The van der Waals surface area contributed by atoms with E-state index in [9.17, 15) is 21.6 Å². The maximum absolute atomic E-state index is 12.0. The second kappa shape index (κ2) is 6.23. The molecule has 1 aliphatic heterocycles. The van der Waals surface area contributed by atoms with E-state index in [1.165, 1.54) is 24.3 Å². The first-order valence-corrected chi connectivity index (χ1v) is 8.25. The Morgan fingerprint density at radius 1 is 1.24 bits per heavy atom. The number of hydrogen-bond donors (Lipinski definition) is 1. The second-order valence-electron chi connectivity index (χ2n) is 4.95. The number of ether oxygens (including phenoxy) is 1. The van der Waals surface area contributed by atoms with Gasteiger partial charge in [-0.15, -0.1) is 13.2 Å². The van der Waals surface area contributed by atoms with Crippen LogP contribution in [-0.4, -0.2) is 32.3 Å². The minimum Gasteiger partial charge on any atom is -0.406 e. The number of nitrogens with one attached hydrogen (secondary N) is 1. The minimum atomic E-state index is -4.70. The van der Waals surface area contributed by atoms with Gasteiger partial charge in [0.15, 0.2) is 9.84 Å². The molecular formula is C13H16F3NO3S. The number of benzene rings is 1. The quantitative estimate of drug-likeness (QED) is 0.903. The molecule has 0 bridgehead atoms. The van der Waals surface area contributed by atoms with Crippen molar-refractivity contribution in [3.63, 3.8) is 0 Å². The van der Waals surface area contributed by atoms with Crippen molar-refractivity contribution in [2.75, 3.05) is 12.3 Å². The van der Waals surface area contributed by atoms with E-state index in [-0.39, 0.29) is 16.8 Å². The van der Waals surface area contributed by atoms with Gasteiger partial charge >= 0.3 is 6.36 Å². The first-order chi connectivity index (χ1) is 9.76. The smallest absolute Gasteiger partial charge is 0.406 e. The lowest BCUT2D eigenvalue weighted by Crippen LogP contribution is -2.30. The highest BCUT2D eigenvalue weighted by atomic mass is 32.2. The minimum absolute atomic E-state index is 0.239. The fraction of sp³-hybridized carbons (Fsp3) is 0.538. The van der Waals surface area contributed by atoms with Gasteiger partial charge in [0, 0.05) is 13.1 Å². The van der Waals surface area contributed by atoms with Crippen LogP contribution in [0.5, 0.6) is 5.75 Å². The first-order valence-electron chi connectivity index (χ1n) is 6.53. The third-order valence-electron chi connectivity index (χ3n) is 3.32. The predicted octanol–water partition coefficient (Wildman–Crippen LogP) is 2.25. The lowest BCUT2D eigenvalue weighted by atomic mass is 10.2. The van der Waals surface area contributed by atoms with Crippen molar-refractivity contribution in [3.05, 3.63) is 29.8 Å². The number of halogens is 3. The second-order valence-corrected chi connectivity index (χ2v) is 7.35. The van der Waals surface area contributed by atoms with Crippen molar-refractivity contribution in [1.82, 2.24) is 5.32 Å². The molecular weight excluding hydrogens is 307 g/mol. The van der Waals surface area contributed by atoms with Crippen LogP contribution in [0.4, 0.5) is 13.2 Å². The van der Waals surface area contributed by atoms with Crippen molar-refractivity contribution in [2.24, 2.45) is 0 Å². The zero-order valence-electron chi connectivity index (χ0n) is 11.2. The van der Waals surface area contributed by atoms with Gasteiger partial charge in [0.2, 0.25) is 0 Å². The van der Waals surface area contributed by atoms with Gasteiger partial charge in [-0.1, -0.05) is 12.1 Å². The van der Waals surface area contributed by atoms with E-state index in [1.54, 1.807) is 0 Å². The Balaban J connectivity index is 1.81. The highest BCUT2D eigenvalue weighted by molar-refractivity contribution is 7.92. The molecule has 21 heavy (non-hydrogen) atoms. The molecule has 118 valence electrons. The highest BCUT2D eigenvalue weighted by Crippen LogP contribution is 2.23. The van der Waals surface area contributed by atoms with Crippen LogP contribution in [0, 0.1) is 0 Å². The fourth-order valence-electron chi connectivity index (χ4n) is 2.27. The zero-order valence-corrected chi connectivity index (χ0v) is 12.0. The Bertz CT molecular complexity index is 569. The van der Waals surface area contributed by atoms with E-state index in [0.29, 0.717) is 25.9 Å². The molecule has 0 saturated carbocycles. The zero-order chi connectivity index (χ0) is 15.5. The Labute approximate surface area is 121 Å². The summed E-state index contributed by atoms with van der Waals surface area (Å²) in [6.07, 6.45) is -3.34. The summed E-state index contributed by atoms with van der Waals surface area (Å²) in [6, 6.07) is 5.49. The Morgan fingerprint density at radius 3 is 2.43 bits per heavy atom. The third kappa shape index (κ3) is 4.89. The van der Waals surface area contributed by atoms with Crippen LogP contribution in [0.15, 0.2) is 24.3 Å². The number of alkyl halides is 3. The van der Waals surface area contributed by atoms with E-state index in [0.717, 1.165) is 5.56 Å². The standard InChI is InChI=1S/C13H16F3NO3S/c14-13(15,16)20-11-5-3-10(4-6-11)8-17-9-12-2-1-7-21(12,18)19/h3-6,12,17H,1-2,7-9H2. The molecule has 0 amide bonds. The van der Waals surface area contributed by atoms with Gasteiger partial charge in [0.1, 0.15) is 5.75 Å². The lowest BCUT2D eigenvalue weighted by Gasteiger charge is -2.12. The van der Waals surface area contributed by atoms with Gasteiger partial charge in [-0.3, -0.25) is 0 Å². The molecule has 4 nitrogen and oxygen atoms in total. The molecule has 1 fully saturated rings. The van der Waals surface area contributed by atoms with Gasteiger partial charge in [-0.05, 0) is 30.5 Å². The molecule has 1 unspecified atom stereocenters. The topological polar surface area (TPSA) is 55.4 Å². The SMILES string of the molecule is O=S1(=O)CCCC1CNCc1ccc(OC(F)(F)F)cc1. The van der Waals surface area contributed by atoms with Crippen LogP contribution in [0.25, 0.3) is 0 Å². The fourth-order valence-corrected chi connectivity index (χ4v) is 4.07. The summed E-state index contributed by atoms with van der Waals surface area (Å²) in [5, 5.41) is 2.67.